The summed E-state index contributed by atoms with van der Waals surface area (Å²) >= 11 is 1.78. The van der Waals surface area contributed by atoms with E-state index in [9.17, 15) is 0 Å². The lowest BCUT2D eigenvalue weighted by molar-refractivity contribution is 0.487. The number of nitrogens with one attached hydrogen (secondary N) is 1. The van der Waals surface area contributed by atoms with Crippen LogP contribution in [0.4, 0.5) is 0 Å². The van der Waals surface area contributed by atoms with Crippen molar-refractivity contribution >= 4 is 21.6 Å². The van der Waals surface area contributed by atoms with Crippen molar-refractivity contribution in [3.05, 3.63) is 77.4 Å². The van der Waals surface area contributed by atoms with Crippen LogP contribution in [0.5, 0.6) is 0 Å². The topological polar surface area (TPSA) is 24.9 Å². The third kappa shape index (κ3) is 5.76. The second kappa shape index (κ2) is 11.1. The number of rotatable bonds is 10. The quantitative estimate of drug-likeness (QED) is 0.319. The van der Waals surface area contributed by atoms with Crippen LogP contribution in [-0.4, -0.2) is 18.1 Å². The van der Waals surface area contributed by atoms with E-state index in [1.807, 2.05) is 0 Å². The van der Waals surface area contributed by atoms with Gasteiger partial charge in [0.25, 0.3) is 0 Å². The van der Waals surface area contributed by atoms with Crippen LogP contribution in [0.3, 0.4) is 0 Å². The Bertz CT molecular complexity index is 1040. The van der Waals surface area contributed by atoms with Gasteiger partial charge in [0.15, 0.2) is 0 Å². The summed E-state index contributed by atoms with van der Waals surface area (Å²) in [5.41, 5.74) is 6.96. The van der Waals surface area contributed by atoms with Gasteiger partial charge < -0.3 is 5.32 Å². The van der Waals surface area contributed by atoms with E-state index in [-0.39, 0.29) is 0 Å². The third-order valence-corrected chi connectivity index (χ3v) is 7.62. The number of fused-ring (bicyclic) bond motifs is 1. The van der Waals surface area contributed by atoms with Crippen molar-refractivity contribution in [2.45, 2.75) is 58.8 Å². The van der Waals surface area contributed by atoms with Crippen LogP contribution in [0.25, 0.3) is 20.8 Å². The molecule has 1 unspecified atom stereocenters. The molecule has 1 aromatic heterocycles. The van der Waals surface area contributed by atoms with Gasteiger partial charge in [-0.1, -0.05) is 80.5 Å². The number of allylic oxidation sites excluding steroid dienone is 3. The first-order valence-electron chi connectivity index (χ1n) is 12.2. The summed E-state index contributed by atoms with van der Waals surface area (Å²) in [6.07, 6.45) is 10.8. The first-order chi connectivity index (χ1) is 15.6. The van der Waals surface area contributed by atoms with Gasteiger partial charge in [-0.2, -0.15) is 0 Å². The van der Waals surface area contributed by atoms with Crippen LogP contribution in [-0.2, 0) is 0 Å². The number of thiazole rings is 1. The third-order valence-electron chi connectivity index (χ3n) is 6.54. The Hall–Kier alpha value is -2.23. The highest BCUT2D eigenvalue weighted by atomic mass is 32.1. The van der Waals surface area contributed by atoms with E-state index >= 15 is 0 Å². The molecule has 3 heteroatoms. The molecular weight excluding hydrogens is 408 g/mol. The van der Waals surface area contributed by atoms with E-state index in [2.05, 4.69) is 86.8 Å². The van der Waals surface area contributed by atoms with E-state index in [0.717, 1.165) is 30.0 Å². The summed E-state index contributed by atoms with van der Waals surface area (Å²) in [6, 6.07) is 17.6. The Morgan fingerprint density at radius 1 is 0.938 bits per heavy atom. The summed E-state index contributed by atoms with van der Waals surface area (Å²) in [6.45, 7) is 9.18. The molecule has 4 rings (SSSR count). The molecule has 1 aliphatic rings. The van der Waals surface area contributed by atoms with Gasteiger partial charge in [0, 0.05) is 5.56 Å². The molecule has 1 heterocycles. The zero-order chi connectivity index (χ0) is 22.3. The van der Waals surface area contributed by atoms with E-state index in [1.165, 1.54) is 41.5 Å². The Balaban J connectivity index is 1.43. The monoisotopic (exact) mass is 444 g/mol. The highest BCUT2D eigenvalue weighted by Crippen LogP contribution is 2.36. The van der Waals surface area contributed by atoms with Crippen molar-refractivity contribution in [2.75, 3.05) is 13.1 Å². The Morgan fingerprint density at radius 3 is 2.38 bits per heavy atom. The molecule has 1 atom stereocenters. The summed E-state index contributed by atoms with van der Waals surface area (Å²) in [5, 5.41) is 4.63. The lowest BCUT2D eigenvalue weighted by atomic mass is 9.80. The predicted molar refractivity (Wildman–Crippen MR) is 140 cm³/mol. The average Bonchev–Trinajstić information content (AvgIpc) is 3.25. The first kappa shape index (κ1) is 22.9. The van der Waals surface area contributed by atoms with Crippen molar-refractivity contribution < 1.29 is 0 Å². The standard InChI is InChI=1S/C29H36N2S/c1-4-18-30-19-17-22-9-11-23(12-10-22)20-26(21(2)3)24-13-15-25(16-14-24)29-31-27-7-5-6-8-28(27)32-29/h5-9,11,13-16,21,26,30H,4,10,12,17-20H2,1-3H3. The molecule has 0 saturated heterocycles. The maximum absolute atomic E-state index is 4.82. The number of para-hydroxylation sites is 1. The lowest BCUT2D eigenvalue weighted by Gasteiger charge is -2.25. The van der Waals surface area contributed by atoms with Crippen LogP contribution >= 0.6 is 11.3 Å². The van der Waals surface area contributed by atoms with Crippen molar-refractivity contribution in [3.8, 4) is 10.6 Å². The number of nitrogens with zero attached hydrogens (tertiary/aromatic N) is 1. The molecular formula is C29H36N2S. The van der Waals surface area contributed by atoms with Gasteiger partial charge in [0.2, 0.25) is 0 Å². The van der Waals surface area contributed by atoms with Gasteiger partial charge >= 0.3 is 0 Å². The fraction of sp³-hybridized carbons (Fsp3) is 0.414. The fourth-order valence-electron chi connectivity index (χ4n) is 4.54. The molecule has 0 amide bonds. The largest absolute Gasteiger partial charge is 0.316 e. The second-order valence-corrected chi connectivity index (χ2v) is 10.3. The Morgan fingerprint density at radius 2 is 1.69 bits per heavy atom. The van der Waals surface area contributed by atoms with Gasteiger partial charge in [-0.05, 0) is 74.7 Å². The van der Waals surface area contributed by atoms with Crippen LogP contribution in [0.2, 0.25) is 0 Å². The molecule has 0 radical (unpaired) electrons. The van der Waals surface area contributed by atoms with Crippen LogP contribution in [0.1, 0.15) is 64.4 Å². The average molecular weight is 445 g/mol. The maximum Gasteiger partial charge on any atom is 0.124 e. The SMILES string of the molecule is CCCNCCC1=CC=C(CC(c2ccc(-c3nc4ccccc4s3)cc2)C(C)C)CC1. The molecule has 0 aliphatic heterocycles. The van der Waals surface area contributed by atoms with E-state index in [1.54, 1.807) is 22.5 Å². The maximum atomic E-state index is 4.82. The minimum Gasteiger partial charge on any atom is -0.316 e. The normalized spacial score (nSPS) is 15.1. The van der Waals surface area contributed by atoms with E-state index < -0.39 is 0 Å². The molecule has 1 N–H and O–H groups in total. The second-order valence-electron chi connectivity index (χ2n) is 9.31. The van der Waals surface area contributed by atoms with Gasteiger partial charge in [-0.15, -0.1) is 11.3 Å². The smallest absolute Gasteiger partial charge is 0.124 e. The van der Waals surface area contributed by atoms with Crippen LogP contribution in [0.15, 0.2) is 71.8 Å². The molecule has 2 aromatic carbocycles. The van der Waals surface area contributed by atoms with Gasteiger partial charge in [-0.25, -0.2) is 4.98 Å². The lowest BCUT2D eigenvalue weighted by Crippen LogP contribution is -2.16. The summed E-state index contributed by atoms with van der Waals surface area (Å²) in [4.78, 5) is 4.82. The minimum absolute atomic E-state index is 0.562. The number of hydrogen-bond donors (Lipinski definition) is 1. The molecule has 168 valence electrons. The molecule has 0 saturated carbocycles. The highest BCUT2D eigenvalue weighted by Gasteiger charge is 2.19. The molecule has 0 fully saturated rings. The zero-order valence-electron chi connectivity index (χ0n) is 19.7. The first-order valence-corrected chi connectivity index (χ1v) is 13.0. The Labute approximate surface area is 197 Å². The van der Waals surface area contributed by atoms with Crippen molar-refractivity contribution in [2.24, 2.45) is 5.92 Å². The highest BCUT2D eigenvalue weighted by molar-refractivity contribution is 7.21. The van der Waals surface area contributed by atoms with E-state index in [4.69, 9.17) is 4.98 Å². The minimum atomic E-state index is 0.562. The molecule has 1 aliphatic carbocycles. The van der Waals surface area contributed by atoms with Gasteiger partial charge in [0.05, 0.1) is 10.2 Å². The molecule has 32 heavy (non-hydrogen) atoms. The Kier molecular flexibility index (Phi) is 7.94. The van der Waals surface area contributed by atoms with E-state index in [0.29, 0.717) is 11.8 Å². The molecule has 0 spiro atoms. The summed E-state index contributed by atoms with van der Waals surface area (Å²) in [5.74, 6) is 1.18. The van der Waals surface area contributed by atoms with Crippen LogP contribution in [0, 0.1) is 5.92 Å². The number of aromatic nitrogens is 1. The molecule has 3 aromatic rings. The predicted octanol–water partition coefficient (Wildman–Crippen LogP) is 8.13. The van der Waals surface area contributed by atoms with Crippen molar-refractivity contribution in [1.82, 2.24) is 10.3 Å². The van der Waals surface area contributed by atoms with Crippen molar-refractivity contribution in [1.29, 1.82) is 0 Å². The zero-order valence-corrected chi connectivity index (χ0v) is 20.5. The summed E-state index contributed by atoms with van der Waals surface area (Å²) in [7, 11) is 0. The number of benzene rings is 2. The van der Waals surface area contributed by atoms with Crippen LogP contribution < -0.4 is 5.32 Å². The van der Waals surface area contributed by atoms with Crippen molar-refractivity contribution in [3.63, 3.8) is 0 Å². The van der Waals surface area contributed by atoms with Gasteiger partial charge in [0.1, 0.15) is 5.01 Å². The summed E-state index contributed by atoms with van der Waals surface area (Å²) < 4.78 is 1.25. The number of hydrogen-bond acceptors (Lipinski definition) is 3. The molecule has 2 nitrogen and oxygen atoms in total. The fourth-order valence-corrected chi connectivity index (χ4v) is 5.51. The van der Waals surface area contributed by atoms with Gasteiger partial charge in [-0.3, -0.25) is 0 Å². The molecule has 0 bridgehead atoms.